The average molecular weight is 252 g/mol. The summed E-state index contributed by atoms with van der Waals surface area (Å²) in [4.78, 5) is 21.8. The second kappa shape index (κ2) is 5.61. The lowest BCUT2D eigenvalue weighted by molar-refractivity contribution is -0.137. The number of aliphatic carboxylic acids is 1. The molecule has 7 nitrogen and oxygen atoms in total. The molecular weight excluding hydrogens is 236 g/mol. The molecule has 0 saturated heterocycles. The molecule has 0 bridgehead atoms. The Balaban J connectivity index is 1.71. The topological polar surface area (TPSA) is 97.1 Å². The van der Waals surface area contributed by atoms with Crippen molar-refractivity contribution in [3.8, 4) is 0 Å². The third-order valence-electron chi connectivity index (χ3n) is 2.69. The molecule has 1 fully saturated rings. The average Bonchev–Trinajstić information content (AvgIpc) is 3.01. The zero-order chi connectivity index (χ0) is 13.0. The largest absolute Gasteiger partial charge is 0.481 e. The number of aromatic nitrogens is 3. The first-order valence-electron chi connectivity index (χ1n) is 6.03. The van der Waals surface area contributed by atoms with Crippen molar-refractivity contribution >= 4 is 11.9 Å². The summed E-state index contributed by atoms with van der Waals surface area (Å²) in [6, 6.07) is 0.374. The smallest absolute Gasteiger partial charge is 0.303 e. The van der Waals surface area contributed by atoms with E-state index in [-0.39, 0.29) is 12.3 Å². The number of hydrogen-bond acceptors (Lipinski definition) is 4. The van der Waals surface area contributed by atoms with Gasteiger partial charge < -0.3 is 10.4 Å². The molecule has 98 valence electrons. The van der Waals surface area contributed by atoms with E-state index in [1.165, 1.54) is 0 Å². The molecule has 0 atom stereocenters. The van der Waals surface area contributed by atoms with Crippen LogP contribution in [0.1, 0.15) is 31.4 Å². The molecule has 0 unspecified atom stereocenters. The number of amides is 1. The van der Waals surface area contributed by atoms with Gasteiger partial charge in [-0.05, 0) is 12.8 Å². The van der Waals surface area contributed by atoms with Crippen LogP contribution in [-0.2, 0) is 22.6 Å². The molecule has 1 aliphatic carbocycles. The number of carboxylic acids is 1. The van der Waals surface area contributed by atoms with Crippen molar-refractivity contribution in [2.45, 2.75) is 44.7 Å². The minimum Gasteiger partial charge on any atom is -0.481 e. The Morgan fingerprint density at radius 1 is 1.44 bits per heavy atom. The van der Waals surface area contributed by atoms with Crippen molar-refractivity contribution in [2.24, 2.45) is 0 Å². The Morgan fingerprint density at radius 2 is 2.22 bits per heavy atom. The zero-order valence-electron chi connectivity index (χ0n) is 10.0. The Morgan fingerprint density at radius 3 is 2.89 bits per heavy atom. The van der Waals surface area contributed by atoms with E-state index < -0.39 is 5.97 Å². The van der Waals surface area contributed by atoms with Gasteiger partial charge in [-0.1, -0.05) is 5.21 Å². The SMILES string of the molecule is O=C(O)CCc1cn(CCC(=O)NC2CC2)nn1. The van der Waals surface area contributed by atoms with Crippen molar-refractivity contribution in [2.75, 3.05) is 0 Å². The standard InChI is InChI=1S/C11H16N4O3/c16-10(12-8-1-2-8)5-6-15-7-9(13-14-15)3-4-11(17)18/h7-8H,1-6H2,(H,12,16)(H,17,18). The summed E-state index contributed by atoms with van der Waals surface area (Å²) in [6.07, 6.45) is 4.62. The van der Waals surface area contributed by atoms with Crippen LogP contribution >= 0.6 is 0 Å². The lowest BCUT2D eigenvalue weighted by atomic mass is 10.2. The summed E-state index contributed by atoms with van der Waals surface area (Å²) in [5.74, 6) is -0.826. The van der Waals surface area contributed by atoms with E-state index in [4.69, 9.17) is 5.11 Å². The Bertz CT molecular complexity index is 439. The molecule has 7 heteroatoms. The van der Waals surface area contributed by atoms with Crippen molar-refractivity contribution in [3.05, 3.63) is 11.9 Å². The van der Waals surface area contributed by atoms with Crippen molar-refractivity contribution < 1.29 is 14.7 Å². The second-order valence-electron chi connectivity index (χ2n) is 4.46. The number of aryl methyl sites for hydroxylation is 2. The van der Waals surface area contributed by atoms with Crippen LogP contribution < -0.4 is 5.32 Å². The molecule has 1 heterocycles. The fourth-order valence-corrected chi connectivity index (χ4v) is 1.54. The van der Waals surface area contributed by atoms with Gasteiger partial charge in [0, 0.05) is 25.1 Å². The highest BCUT2D eigenvalue weighted by atomic mass is 16.4. The van der Waals surface area contributed by atoms with Crippen LogP contribution in [0.2, 0.25) is 0 Å². The normalized spacial score (nSPS) is 14.4. The van der Waals surface area contributed by atoms with Crippen molar-refractivity contribution in [1.82, 2.24) is 20.3 Å². The molecule has 2 N–H and O–H groups in total. The third kappa shape index (κ3) is 4.15. The molecule has 1 aliphatic rings. The van der Waals surface area contributed by atoms with Crippen LogP contribution in [0.4, 0.5) is 0 Å². The van der Waals surface area contributed by atoms with E-state index in [0.29, 0.717) is 31.1 Å². The quantitative estimate of drug-likeness (QED) is 0.710. The lowest BCUT2D eigenvalue weighted by Gasteiger charge is -2.02. The number of hydrogen-bond donors (Lipinski definition) is 2. The minimum atomic E-state index is -0.853. The first-order chi connectivity index (χ1) is 8.63. The summed E-state index contributed by atoms with van der Waals surface area (Å²) >= 11 is 0. The maximum atomic E-state index is 11.4. The highest BCUT2D eigenvalue weighted by Crippen LogP contribution is 2.18. The first-order valence-corrected chi connectivity index (χ1v) is 6.03. The van der Waals surface area contributed by atoms with Gasteiger partial charge in [0.15, 0.2) is 0 Å². The van der Waals surface area contributed by atoms with E-state index in [0.717, 1.165) is 12.8 Å². The summed E-state index contributed by atoms with van der Waals surface area (Å²) in [7, 11) is 0. The minimum absolute atomic E-state index is 0.0279. The summed E-state index contributed by atoms with van der Waals surface area (Å²) in [5.41, 5.74) is 0.639. The number of rotatable bonds is 7. The predicted octanol–water partition coefficient (Wildman–Crippen LogP) is -0.0360. The van der Waals surface area contributed by atoms with Gasteiger partial charge >= 0.3 is 5.97 Å². The van der Waals surface area contributed by atoms with E-state index in [9.17, 15) is 9.59 Å². The van der Waals surface area contributed by atoms with Crippen molar-refractivity contribution in [3.63, 3.8) is 0 Å². The van der Waals surface area contributed by atoms with Crippen LogP contribution in [-0.4, -0.2) is 38.0 Å². The molecule has 1 aromatic rings. The van der Waals surface area contributed by atoms with Crippen LogP contribution in [0.5, 0.6) is 0 Å². The van der Waals surface area contributed by atoms with Gasteiger partial charge in [-0.2, -0.15) is 0 Å². The first kappa shape index (κ1) is 12.5. The Hall–Kier alpha value is -1.92. The van der Waals surface area contributed by atoms with Gasteiger partial charge in [0.1, 0.15) is 0 Å². The number of nitrogens with one attached hydrogen (secondary N) is 1. The van der Waals surface area contributed by atoms with Crippen LogP contribution in [0.15, 0.2) is 6.20 Å². The Kier molecular flexibility index (Phi) is 3.91. The fourth-order valence-electron chi connectivity index (χ4n) is 1.54. The fraction of sp³-hybridized carbons (Fsp3) is 0.636. The number of carbonyl (C=O) groups is 2. The van der Waals surface area contributed by atoms with Gasteiger partial charge in [-0.15, -0.1) is 5.10 Å². The lowest BCUT2D eigenvalue weighted by Crippen LogP contribution is -2.26. The third-order valence-corrected chi connectivity index (χ3v) is 2.69. The molecule has 18 heavy (non-hydrogen) atoms. The molecule has 1 saturated carbocycles. The van der Waals surface area contributed by atoms with E-state index >= 15 is 0 Å². The number of nitrogens with zero attached hydrogens (tertiary/aromatic N) is 3. The molecule has 0 aromatic carbocycles. The molecule has 2 rings (SSSR count). The molecular formula is C11H16N4O3. The summed E-state index contributed by atoms with van der Waals surface area (Å²) in [6.45, 7) is 0.471. The van der Waals surface area contributed by atoms with E-state index in [2.05, 4.69) is 15.6 Å². The van der Waals surface area contributed by atoms with Crippen LogP contribution in [0.3, 0.4) is 0 Å². The molecule has 0 spiro atoms. The van der Waals surface area contributed by atoms with Crippen LogP contribution in [0, 0.1) is 0 Å². The molecule has 1 amide bonds. The summed E-state index contributed by atoms with van der Waals surface area (Å²) < 4.78 is 1.57. The van der Waals surface area contributed by atoms with Gasteiger partial charge in [-0.25, -0.2) is 0 Å². The van der Waals surface area contributed by atoms with Gasteiger partial charge in [-0.3, -0.25) is 14.3 Å². The monoisotopic (exact) mass is 252 g/mol. The number of carboxylic acid groups (broad SMARTS) is 1. The van der Waals surface area contributed by atoms with Gasteiger partial charge in [0.25, 0.3) is 0 Å². The predicted molar refractivity (Wildman–Crippen MR) is 61.8 cm³/mol. The maximum Gasteiger partial charge on any atom is 0.303 e. The van der Waals surface area contributed by atoms with Crippen molar-refractivity contribution in [1.29, 1.82) is 0 Å². The Labute approximate surface area is 104 Å². The second-order valence-corrected chi connectivity index (χ2v) is 4.46. The van der Waals surface area contributed by atoms with E-state index in [1.54, 1.807) is 10.9 Å². The van der Waals surface area contributed by atoms with E-state index in [1.807, 2.05) is 0 Å². The summed E-state index contributed by atoms with van der Waals surface area (Å²) in [5, 5.41) is 19.1. The van der Waals surface area contributed by atoms with Gasteiger partial charge in [0.2, 0.25) is 5.91 Å². The zero-order valence-corrected chi connectivity index (χ0v) is 10.0. The van der Waals surface area contributed by atoms with Crippen LogP contribution in [0.25, 0.3) is 0 Å². The number of carbonyl (C=O) groups excluding carboxylic acids is 1. The molecule has 0 radical (unpaired) electrons. The van der Waals surface area contributed by atoms with Gasteiger partial charge in [0.05, 0.1) is 18.7 Å². The highest BCUT2D eigenvalue weighted by Gasteiger charge is 2.22. The molecule has 0 aliphatic heterocycles. The molecule has 1 aromatic heterocycles. The highest BCUT2D eigenvalue weighted by molar-refractivity contribution is 5.76. The maximum absolute atomic E-state index is 11.4.